The van der Waals surface area contributed by atoms with Crippen molar-refractivity contribution in [2.75, 3.05) is 0 Å². The van der Waals surface area contributed by atoms with E-state index in [0.29, 0.717) is 17.0 Å². The van der Waals surface area contributed by atoms with Gasteiger partial charge >= 0.3 is 0 Å². The molecular formula is C14H14ClFN2. The van der Waals surface area contributed by atoms with E-state index in [2.05, 4.69) is 4.98 Å². The van der Waals surface area contributed by atoms with E-state index in [1.54, 1.807) is 18.3 Å². The Kier molecular flexibility index (Phi) is 3.94. The molecule has 2 aromatic rings. The maximum absolute atomic E-state index is 13.7. The fraction of sp³-hybridized carbons (Fsp3) is 0.214. The van der Waals surface area contributed by atoms with Crippen molar-refractivity contribution in [3.8, 4) is 0 Å². The fourth-order valence-corrected chi connectivity index (χ4v) is 2.00. The van der Waals surface area contributed by atoms with E-state index < -0.39 is 0 Å². The van der Waals surface area contributed by atoms with Crippen LogP contribution in [0.4, 0.5) is 4.39 Å². The first-order chi connectivity index (χ1) is 8.56. The summed E-state index contributed by atoms with van der Waals surface area (Å²) in [6.45, 7) is 1.90. The van der Waals surface area contributed by atoms with E-state index in [-0.39, 0.29) is 11.9 Å². The lowest BCUT2D eigenvalue weighted by molar-refractivity contribution is 0.593. The quantitative estimate of drug-likeness (QED) is 0.923. The van der Waals surface area contributed by atoms with Gasteiger partial charge < -0.3 is 5.73 Å². The van der Waals surface area contributed by atoms with Crippen LogP contribution in [0, 0.1) is 12.7 Å². The molecule has 0 fully saturated rings. The molecule has 18 heavy (non-hydrogen) atoms. The van der Waals surface area contributed by atoms with Gasteiger partial charge in [-0.05, 0) is 48.7 Å². The molecule has 1 unspecified atom stereocenters. The van der Waals surface area contributed by atoms with Crippen LogP contribution in [0.25, 0.3) is 0 Å². The van der Waals surface area contributed by atoms with Crippen molar-refractivity contribution in [2.45, 2.75) is 19.4 Å². The lowest BCUT2D eigenvalue weighted by atomic mass is 10.00. The lowest BCUT2D eigenvalue weighted by Crippen LogP contribution is -2.14. The number of hydrogen-bond donors (Lipinski definition) is 1. The minimum Gasteiger partial charge on any atom is -0.324 e. The van der Waals surface area contributed by atoms with Gasteiger partial charge in [-0.2, -0.15) is 0 Å². The van der Waals surface area contributed by atoms with Crippen LogP contribution in [-0.2, 0) is 6.42 Å². The Bertz CT molecular complexity index is 557. The van der Waals surface area contributed by atoms with Gasteiger partial charge in [0.2, 0.25) is 0 Å². The van der Waals surface area contributed by atoms with Crippen LogP contribution in [-0.4, -0.2) is 4.98 Å². The molecule has 94 valence electrons. The van der Waals surface area contributed by atoms with Crippen molar-refractivity contribution in [1.82, 2.24) is 4.98 Å². The molecule has 0 aliphatic rings. The maximum atomic E-state index is 13.7. The van der Waals surface area contributed by atoms with Crippen LogP contribution in [0.2, 0.25) is 5.02 Å². The summed E-state index contributed by atoms with van der Waals surface area (Å²) < 4.78 is 13.7. The van der Waals surface area contributed by atoms with Gasteiger partial charge in [-0.15, -0.1) is 0 Å². The molecule has 2 N–H and O–H groups in total. The zero-order chi connectivity index (χ0) is 13.1. The number of benzene rings is 1. The third-order valence-electron chi connectivity index (χ3n) is 2.80. The molecule has 2 nitrogen and oxygen atoms in total. The third kappa shape index (κ3) is 3.06. The molecule has 0 radical (unpaired) electrons. The van der Waals surface area contributed by atoms with Gasteiger partial charge in [-0.1, -0.05) is 17.7 Å². The van der Waals surface area contributed by atoms with Gasteiger partial charge in [-0.25, -0.2) is 4.39 Å². The second kappa shape index (κ2) is 5.46. The van der Waals surface area contributed by atoms with E-state index in [9.17, 15) is 4.39 Å². The minimum atomic E-state index is -0.316. The molecule has 0 amide bonds. The zero-order valence-corrected chi connectivity index (χ0v) is 10.8. The van der Waals surface area contributed by atoms with Crippen LogP contribution in [0.5, 0.6) is 0 Å². The Morgan fingerprint density at radius 3 is 2.78 bits per heavy atom. The second-order valence-corrected chi connectivity index (χ2v) is 4.71. The summed E-state index contributed by atoms with van der Waals surface area (Å²) in [6, 6.07) is 8.17. The predicted molar refractivity (Wildman–Crippen MR) is 71.0 cm³/mol. The largest absolute Gasteiger partial charge is 0.324 e. The molecule has 1 atom stereocenters. The number of rotatable bonds is 3. The average molecular weight is 265 g/mol. The Balaban J connectivity index is 2.18. The van der Waals surface area contributed by atoms with Crippen molar-refractivity contribution in [2.24, 2.45) is 5.73 Å². The topological polar surface area (TPSA) is 38.9 Å². The van der Waals surface area contributed by atoms with E-state index in [1.165, 1.54) is 6.07 Å². The predicted octanol–water partition coefficient (Wildman–Crippen LogP) is 3.43. The van der Waals surface area contributed by atoms with Gasteiger partial charge in [0.1, 0.15) is 5.82 Å². The fourth-order valence-electron chi connectivity index (χ4n) is 1.84. The highest BCUT2D eigenvalue weighted by Crippen LogP contribution is 2.20. The number of nitrogens with zero attached hydrogens (tertiary/aromatic N) is 1. The zero-order valence-electron chi connectivity index (χ0n) is 10.0. The first-order valence-corrected chi connectivity index (χ1v) is 6.06. The van der Waals surface area contributed by atoms with Gasteiger partial charge in [0.05, 0.1) is 0 Å². The van der Waals surface area contributed by atoms with E-state index in [4.69, 9.17) is 17.3 Å². The molecule has 4 heteroatoms. The van der Waals surface area contributed by atoms with E-state index in [1.807, 2.05) is 19.1 Å². The van der Waals surface area contributed by atoms with Crippen molar-refractivity contribution < 1.29 is 4.39 Å². The highest BCUT2D eigenvalue weighted by molar-refractivity contribution is 6.30. The SMILES string of the molecule is Cc1cc(C(N)Cc2ccc(Cl)cc2F)ccn1. The summed E-state index contributed by atoms with van der Waals surface area (Å²) in [7, 11) is 0. The monoisotopic (exact) mass is 264 g/mol. The Morgan fingerprint density at radius 1 is 1.33 bits per heavy atom. The van der Waals surface area contributed by atoms with Crippen LogP contribution in [0.1, 0.15) is 22.9 Å². The minimum absolute atomic E-state index is 0.248. The molecule has 2 rings (SSSR count). The number of aromatic nitrogens is 1. The molecule has 1 aromatic heterocycles. The summed E-state index contributed by atoms with van der Waals surface area (Å²) >= 11 is 5.71. The van der Waals surface area contributed by atoms with Crippen molar-refractivity contribution in [3.63, 3.8) is 0 Å². The molecule has 0 aliphatic carbocycles. The van der Waals surface area contributed by atoms with Crippen molar-refractivity contribution in [3.05, 3.63) is 64.2 Å². The van der Waals surface area contributed by atoms with Crippen LogP contribution in [0.15, 0.2) is 36.5 Å². The molecular weight excluding hydrogens is 251 g/mol. The van der Waals surface area contributed by atoms with Gasteiger partial charge in [0.25, 0.3) is 0 Å². The first-order valence-electron chi connectivity index (χ1n) is 5.68. The van der Waals surface area contributed by atoms with E-state index in [0.717, 1.165) is 11.3 Å². The van der Waals surface area contributed by atoms with Crippen LogP contribution >= 0.6 is 11.6 Å². The summed E-state index contributed by atoms with van der Waals surface area (Å²) in [6.07, 6.45) is 2.15. The molecule has 0 spiro atoms. The number of aryl methyl sites for hydroxylation is 1. The Hall–Kier alpha value is -1.45. The highest BCUT2D eigenvalue weighted by Gasteiger charge is 2.11. The molecule has 0 bridgehead atoms. The Labute approximate surface area is 111 Å². The summed E-state index contributed by atoms with van der Waals surface area (Å²) in [4.78, 5) is 4.11. The molecule has 0 saturated heterocycles. The number of nitrogens with two attached hydrogens (primary N) is 1. The maximum Gasteiger partial charge on any atom is 0.127 e. The summed E-state index contributed by atoms with van der Waals surface area (Å²) in [5, 5.41) is 0.393. The standard InChI is InChI=1S/C14H14ClFN2/c1-9-6-11(4-5-18-9)14(17)7-10-2-3-12(15)8-13(10)16/h2-6,8,14H,7,17H2,1H3. The summed E-state index contributed by atoms with van der Waals surface area (Å²) in [5.41, 5.74) is 8.50. The number of hydrogen-bond acceptors (Lipinski definition) is 2. The summed E-state index contributed by atoms with van der Waals surface area (Å²) in [5.74, 6) is -0.316. The second-order valence-electron chi connectivity index (χ2n) is 4.28. The highest BCUT2D eigenvalue weighted by atomic mass is 35.5. The average Bonchev–Trinajstić information content (AvgIpc) is 2.32. The van der Waals surface area contributed by atoms with Gasteiger partial charge in [0.15, 0.2) is 0 Å². The van der Waals surface area contributed by atoms with Gasteiger partial charge in [-0.3, -0.25) is 4.98 Å². The van der Waals surface area contributed by atoms with Crippen LogP contribution < -0.4 is 5.73 Å². The number of pyridine rings is 1. The Morgan fingerprint density at radius 2 is 2.11 bits per heavy atom. The molecule has 1 heterocycles. The van der Waals surface area contributed by atoms with Crippen molar-refractivity contribution in [1.29, 1.82) is 0 Å². The number of halogens is 2. The lowest BCUT2D eigenvalue weighted by Gasteiger charge is -2.13. The van der Waals surface area contributed by atoms with Crippen LogP contribution in [0.3, 0.4) is 0 Å². The third-order valence-corrected chi connectivity index (χ3v) is 3.04. The van der Waals surface area contributed by atoms with E-state index >= 15 is 0 Å². The first kappa shape index (κ1) is 13.0. The van der Waals surface area contributed by atoms with Gasteiger partial charge in [0, 0.05) is 23.0 Å². The molecule has 0 saturated carbocycles. The molecule has 1 aromatic carbocycles. The smallest absolute Gasteiger partial charge is 0.127 e. The molecule has 0 aliphatic heterocycles. The normalized spacial score (nSPS) is 12.4. The van der Waals surface area contributed by atoms with Crippen molar-refractivity contribution >= 4 is 11.6 Å².